The van der Waals surface area contributed by atoms with Gasteiger partial charge in [0.2, 0.25) is 11.8 Å². The van der Waals surface area contributed by atoms with Crippen LogP contribution in [0.15, 0.2) is 149 Å². The van der Waals surface area contributed by atoms with E-state index in [-0.39, 0.29) is 31.1 Å². The fourth-order valence-corrected chi connectivity index (χ4v) is 8.02. The molecule has 1 aliphatic carbocycles. The molecule has 7 rings (SSSR count). The molecule has 1 fully saturated rings. The lowest BCUT2D eigenvalue weighted by atomic mass is 9.68. The number of rotatable bonds is 13. The van der Waals surface area contributed by atoms with Crippen molar-refractivity contribution in [3.05, 3.63) is 160 Å². The van der Waals surface area contributed by atoms with E-state index in [1.807, 2.05) is 115 Å². The Balaban J connectivity index is 1.18. The highest BCUT2D eigenvalue weighted by atomic mass is 79.9. The predicted molar refractivity (Wildman–Crippen MR) is 215 cm³/mol. The van der Waals surface area contributed by atoms with Crippen molar-refractivity contribution in [2.75, 3.05) is 23.4 Å². The second-order valence-corrected chi connectivity index (χ2v) is 14.5. The molecule has 0 spiro atoms. The standard InChI is InChI=1S/C45H41BrN2O6/c46-33-17-23-40(50)31(25-33)24-30(29-10-4-1-5-11-29)16-22-41(51)42-32(28-54-37-14-8-3-9-15-37)26-38-43(39(42)27-49)45(53)48(44(38)52)36-20-18-35(19-21-36)47-34-12-6-2-7-13-34/h1-15,17-21,23-25,38-39,41,43,47,49-51H,16,22,26-28H2/b30-24-/t38-,39+,41-,43-/m1/s1. The Hall–Kier alpha value is -5.48. The van der Waals surface area contributed by atoms with Crippen molar-refractivity contribution in [3.63, 3.8) is 0 Å². The summed E-state index contributed by atoms with van der Waals surface area (Å²) in [5.74, 6) is -2.34. The second-order valence-electron chi connectivity index (χ2n) is 13.6. The van der Waals surface area contributed by atoms with Crippen molar-refractivity contribution in [2.24, 2.45) is 17.8 Å². The minimum absolute atomic E-state index is 0.0880. The summed E-state index contributed by atoms with van der Waals surface area (Å²) in [4.78, 5) is 29.6. The van der Waals surface area contributed by atoms with Crippen LogP contribution in [-0.2, 0) is 9.59 Å². The van der Waals surface area contributed by atoms with Crippen molar-refractivity contribution in [1.29, 1.82) is 0 Å². The normalized spacial score (nSPS) is 19.1. The van der Waals surface area contributed by atoms with Crippen LogP contribution < -0.4 is 15.0 Å². The van der Waals surface area contributed by atoms with Crippen LogP contribution in [0, 0.1) is 17.8 Å². The first-order valence-electron chi connectivity index (χ1n) is 18.0. The molecule has 5 aromatic carbocycles. The molecular formula is C45H41BrN2O6. The third kappa shape index (κ3) is 8.04. The van der Waals surface area contributed by atoms with E-state index in [2.05, 4.69) is 21.2 Å². The Bertz CT molecular complexity index is 2160. The monoisotopic (exact) mass is 784 g/mol. The average molecular weight is 786 g/mol. The van der Waals surface area contributed by atoms with E-state index in [4.69, 9.17) is 4.74 Å². The van der Waals surface area contributed by atoms with Crippen molar-refractivity contribution in [1.82, 2.24) is 0 Å². The first-order chi connectivity index (χ1) is 26.3. The lowest BCUT2D eigenvalue weighted by Crippen LogP contribution is -2.40. The van der Waals surface area contributed by atoms with Gasteiger partial charge in [-0.15, -0.1) is 0 Å². The number of aliphatic hydroxyl groups excluding tert-OH is 2. The molecule has 8 nitrogen and oxygen atoms in total. The van der Waals surface area contributed by atoms with Gasteiger partial charge in [0.15, 0.2) is 0 Å². The third-order valence-corrected chi connectivity index (χ3v) is 10.7. The molecule has 274 valence electrons. The Morgan fingerprint density at radius 2 is 1.50 bits per heavy atom. The zero-order chi connectivity index (χ0) is 37.6. The topological polar surface area (TPSA) is 119 Å². The van der Waals surface area contributed by atoms with Crippen molar-refractivity contribution >= 4 is 56.5 Å². The number of benzene rings is 5. The Morgan fingerprint density at radius 1 is 0.852 bits per heavy atom. The van der Waals surface area contributed by atoms with Gasteiger partial charge in [-0.05, 0) is 114 Å². The number of imide groups is 1. The lowest BCUT2D eigenvalue weighted by molar-refractivity contribution is -0.123. The highest BCUT2D eigenvalue weighted by Gasteiger charge is 2.55. The smallest absolute Gasteiger partial charge is 0.238 e. The van der Waals surface area contributed by atoms with Gasteiger partial charge in [-0.25, -0.2) is 0 Å². The number of allylic oxidation sites excluding steroid dienone is 1. The number of nitrogens with one attached hydrogen (secondary N) is 1. The van der Waals surface area contributed by atoms with E-state index in [0.717, 1.165) is 27.0 Å². The largest absolute Gasteiger partial charge is 0.507 e. The summed E-state index contributed by atoms with van der Waals surface area (Å²) in [7, 11) is 0. The number of anilines is 3. The molecule has 2 amide bonds. The maximum Gasteiger partial charge on any atom is 0.238 e. The lowest BCUT2D eigenvalue weighted by Gasteiger charge is -2.36. The predicted octanol–water partition coefficient (Wildman–Crippen LogP) is 8.77. The molecule has 54 heavy (non-hydrogen) atoms. The molecule has 5 aromatic rings. The zero-order valence-corrected chi connectivity index (χ0v) is 31.1. The number of phenols is 1. The first-order valence-corrected chi connectivity index (χ1v) is 18.8. The number of aliphatic hydroxyl groups is 2. The fourth-order valence-electron chi connectivity index (χ4n) is 7.64. The number of phenolic OH excluding ortho intramolecular Hbond substituents is 1. The molecule has 1 saturated heterocycles. The van der Waals surface area contributed by atoms with Crippen LogP contribution >= 0.6 is 15.9 Å². The number of nitrogens with zero attached hydrogens (tertiary/aromatic N) is 1. The second kappa shape index (κ2) is 16.7. The number of aromatic hydroxyl groups is 1. The summed E-state index contributed by atoms with van der Waals surface area (Å²) >= 11 is 3.50. The van der Waals surface area contributed by atoms with E-state index in [0.29, 0.717) is 34.6 Å². The number of carbonyl (C=O) groups excluding carboxylic acids is 2. The van der Waals surface area contributed by atoms with Gasteiger partial charge in [-0.2, -0.15) is 0 Å². The molecular weight excluding hydrogens is 744 g/mol. The SMILES string of the molecule is O=C1[C@@H]2[C@@H](CC(COc3ccccc3)=C([C@H](O)CC/C(=C/c3cc(Br)ccc3O)c3ccccc3)[C@@H]2CO)C(=O)N1c1ccc(Nc2ccccc2)cc1. The number of hydrogen-bond donors (Lipinski definition) is 4. The molecule has 1 aliphatic heterocycles. The Kier molecular flexibility index (Phi) is 11.4. The fraction of sp³-hybridized carbons (Fsp3) is 0.200. The zero-order valence-electron chi connectivity index (χ0n) is 29.5. The van der Waals surface area contributed by atoms with Crippen LogP contribution in [-0.4, -0.2) is 46.5 Å². The van der Waals surface area contributed by atoms with Gasteiger partial charge in [0.05, 0.1) is 30.2 Å². The van der Waals surface area contributed by atoms with Crippen LogP contribution in [0.5, 0.6) is 11.5 Å². The molecule has 0 bridgehead atoms. The van der Waals surface area contributed by atoms with Gasteiger partial charge in [-0.1, -0.05) is 82.7 Å². The van der Waals surface area contributed by atoms with Crippen LogP contribution in [0.1, 0.15) is 30.4 Å². The number of fused-ring (bicyclic) bond motifs is 1. The maximum atomic E-state index is 14.3. The van der Waals surface area contributed by atoms with Crippen molar-refractivity contribution in [3.8, 4) is 11.5 Å². The Morgan fingerprint density at radius 3 is 2.19 bits per heavy atom. The molecule has 4 atom stereocenters. The van der Waals surface area contributed by atoms with Gasteiger partial charge in [-0.3, -0.25) is 14.5 Å². The van der Waals surface area contributed by atoms with Crippen LogP contribution in [0.2, 0.25) is 0 Å². The molecule has 9 heteroatoms. The summed E-state index contributed by atoms with van der Waals surface area (Å²) < 4.78 is 7.01. The number of ether oxygens (including phenoxy) is 1. The van der Waals surface area contributed by atoms with Crippen molar-refractivity contribution in [2.45, 2.75) is 25.4 Å². The minimum Gasteiger partial charge on any atom is -0.507 e. The Labute approximate surface area is 323 Å². The highest BCUT2D eigenvalue weighted by Crippen LogP contribution is 2.48. The molecule has 0 unspecified atom stereocenters. The molecule has 4 N–H and O–H groups in total. The summed E-state index contributed by atoms with van der Waals surface area (Å²) in [6, 6.07) is 41.1. The van der Waals surface area contributed by atoms with Crippen LogP contribution in [0.25, 0.3) is 11.6 Å². The van der Waals surface area contributed by atoms with Crippen molar-refractivity contribution < 1.29 is 29.6 Å². The van der Waals surface area contributed by atoms with Gasteiger partial charge in [0, 0.05) is 27.3 Å². The molecule has 0 radical (unpaired) electrons. The molecule has 0 aromatic heterocycles. The third-order valence-electron chi connectivity index (χ3n) is 10.2. The number of hydrogen-bond acceptors (Lipinski definition) is 7. The quantitative estimate of drug-likeness (QED) is 0.0536. The van der Waals surface area contributed by atoms with E-state index in [1.54, 1.807) is 24.3 Å². The molecule has 1 heterocycles. The number of carbonyl (C=O) groups is 2. The first kappa shape index (κ1) is 36.9. The van der Waals surface area contributed by atoms with Gasteiger partial charge in [0.1, 0.15) is 18.1 Å². The highest BCUT2D eigenvalue weighted by molar-refractivity contribution is 9.10. The average Bonchev–Trinajstić information content (AvgIpc) is 3.45. The van der Waals surface area contributed by atoms with E-state index in [9.17, 15) is 24.9 Å². The van der Waals surface area contributed by atoms with E-state index >= 15 is 0 Å². The summed E-state index contributed by atoms with van der Waals surface area (Å²) in [6.07, 6.45) is 1.74. The van der Waals surface area contributed by atoms with E-state index in [1.165, 1.54) is 4.90 Å². The van der Waals surface area contributed by atoms with Gasteiger partial charge >= 0.3 is 0 Å². The molecule has 0 saturated carbocycles. The maximum absolute atomic E-state index is 14.3. The van der Waals surface area contributed by atoms with Crippen LogP contribution in [0.3, 0.4) is 0 Å². The number of para-hydroxylation sites is 2. The van der Waals surface area contributed by atoms with Gasteiger partial charge in [0.25, 0.3) is 0 Å². The summed E-state index contributed by atoms with van der Waals surface area (Å²) in [5, 5.41) is 37.0. The number of amides is 2. The minimum atomic E-state index is -1.05. The summed E-state index contributed by atoms with van der Waals surface area (Å²) in [5.41, 5.74) is 5.86. The van der Waals surface area contributed by atoms with Crippen LogP contribution in [0.4, 0.5) is 17.1 Å². The van der Waals surface area contributed by atoms with Gasteiger partial charge < -0.3 is 25.4 Å². The molecule has 2 aliphatic rings. The van der Waals surface area contributed by atoms with E-state index < -0.39 is 36.4 Å². The number of halogens is 1. The summed E-state index contributed by atoms with van der Waals surface area (Å²) in [6.45, 7) is -0.340.